The Morgan fingerprint density at radius 2 is 1.75 bits per heavy atom. The number of sulfonamides is 1. The van der Waals surface area contributed by atoms with Crippen LogP contribution in [0.2, 0.25) is 0 Å². The van der Waals surface area contributed by atoms with E-state index in [1.54, 1.807) is 0 Å². The van der Waals surface area contributed by atoms with E-state index < -0.39 is 10.0 Å². The number of benzene rings is 1. The van der Waals surface area contributed by atoms with Gasteiger partial charge in [-0.05, 0) is 17.4 Å². The molecule has 0 fully saturated rings. The smallest absolute Gasteiger partial charge is 0.208 e. The van der Waals surface area contributed by atoms with Gasteiger partial charge in [0.15, 0.2) is 0 Å². The molecule has 0 heterocycles. The second-order valence-corrected chi connectivity index (χ2v) is 6.21. The third-order valence-electron chi connectivity index (χ3n) is 2.60. The van der Waals surface area contributed by atoms with Crippen LogP contribution in [-0.4, -0.2) is 21.2 Å². The van der Waals surface area contributed by atoms with Crippen molar-refractivity contribution < 1.29 is 8.42 Å². The largest absolute Gasteiger partial charge is 0.215 e. The molecule has 90 valence electrons. The molecule has 0 aliphatic carbocycles. The molecule has 1 atom stereocenters. The zero-order valence-corrected chi connectivity index (χ0v) is 10.8. The molecule has 1 rings (SSSR count). The zero-order chi connectivity index (χ0) is 12.2. The van der Waals surface area contributed by atoms with Crippen molar-refractivity contribution in [2.24, 2.45) is 5.92 Å². The van der Waals surface area contributed by atoms with Crippen LogP contribution in [0, 0.1) is 5.92 Å². The molecule has 0 unspecified atom stereocenters. The molecule has 1 aromatic rings. The lowest BCUT2D eigenvalue weighted by Crippen LogP contribution is -2.29. The molecule has 0 saturated carbocycles. The molecule has 0 aliphatic rings. The average Bonchev–Trinajstić information content (AvgIpc) is 2.17. The second-order valence-electron chi connectivity index (χ2n) is 4.38. The second kappa shape index (κ2) is 5.46. The van der Waals surface area contributed by atoms with Crippen molar-refractivity contribution in [3.63, 3.8) is 0 Å². The van der Waals surface area contributed by atoms with Gasteiger partial charge in [-0.25, -0.2) is 13.1 Å². The van der Waals surface area contributed by atoms with Gasteiger partial charge in [0.25, 0.3) is 0 Å². The Hall–Kier alpha value is -0.870. The molecule has 0 amide bonds. The maximum Gasteiger partial charge on any atom is 0.208 e. The minimum Gasteiger partial charge on any atom is -0.215 e. The number of rotatable bonds is 5. The van der Waals surface area contributed by atoms with Crippen LogP contribution >= 0.6 is 0 Å². The predicted octanol–water partition coefficient (Wildman–Crippen LogP) is 1.98. The van der Waals surface area contributed by atoms with Crippen LogP contribution in [0.5, 0.6) is 0 Å². The van der Waals surface area contributed by atoms with Gasteiger partial charge in [0.05, 0.1) is 6.26 Å². The molecule has 1 aromatic carbocycles. The molecule has 4 heteroatoms. The lowest BCUT2D eigenvalue weighted by atomic mass is 9.89. The minimum absolute atomic E-state index is 0.218. The van der Waals surface area contributed by atoms with Crippen LogP contribution in [0.3, 0.4) is 0 Å². The van der Waals surface area contributed by atoms with Crippen molar-refractivity contribution in [1.29, 1.82) is 0 Å². The van der Waals surface area contributed by atoms with Crippen molar-refractivity contribution in [1.82, 2.24) is 4.72 Å². The van der Waals surface area contributed by atoms with Gasteiger partial charge in [0.1, 0.15) is 0 Å². The molecule has 0 radical (unpaired) electrons. The van der Waals surface area contributed by atoms with Crippen LogP contribution in [0.25, 0.3) is 0 Å². The SMILES string of the molecule is CC(C)[C@H](CNS(C)(=O)=O)c1ccccc1. The average molecular weight is 241 g/mol. The molecule has 0 aliphatic heterocycles. The highest BCUT2D eigenvalue weighted by molar-refractivity contribution is 7.88. The zero-order valence-electron chi connectivity index (χ0n) is 9.97. The summed E-state index contributed by atoms with van der Waals surface area (Å²) in [6, 6.07) is 9.99. The van der Waals surface area contributed by atoms with Crippen LogP contribution in [0.1, 0.15) is 25.3 Å². The van der Waals surface area contributed by atoms with Gasteiger partial charge in [0.2, 0.25) is 10.0 Å². The van der Waals surface area contributed by atoms with E-state index in [0.717, 1.165) is 0 Å². The number of hydrogen-bond acceptors (Lipinski definition) is 2. The molecule has 0 bridgehead atoms. The highest BCUT2D eigenvalue weighted by atomic mass is 32.2. The highest BCUT2D eigenvalue weighted by Gasteiger charge is 2.16. The Balaban J connectivity index is 2.77. The van der Waals surface area contributed by atoms with Gasteiger partial charge in [-0.1, -0.05) is 44.2 Å². The maximum atomic E-state index is 11.1. The summed E-state index contributed by atoms with van der Waals surface area (Å²) in [6.45, 7) is 4.66. The summed E-state index contributed by atoms with van der Waals surface area (Å²) < 4.78 is 24.7. The third kappa shape index (κ3) is 4.33. The summed E-state index contributed by atoms with van der Waals surface area (Å²) in [7, 11) is -3.11. The van der Waals surface area contributed by atoms with E-state index in [0.29, 0.717) is 12.5 Å². The Kier molecular flexibility index (Phi) is 4.50. The van der Waals surface area contributed by atoms with Gasteiger partial charge in [-0.3, -0.25) is 0 Å². The summed E-state index contributed by atoms with van der Waals surface area (Å²) in [4.78, 5) is 0. The predicted molar refractivity (Wildman–Crippen MR) is 66.9 cm³/mol. The summed E-state index contributed by atoms with van der Waals surface area (Å²) >= 11 is 0. The topological polar surface area (TPSA) is 46.2 Å². The van der Waals surface area contributed by atoms with Gasteiger partial charge in [-0.2, -0.15) is 0 Å². The summed E-state index contributed by atoms with van der Waals surface area (Å²) in [6.07, 6.45) is 1.19. The first kappa shape index (κ1) is 13.2. The van der Waals surface area contributed by atoms with Crippen LogP contribution in [0.15, 0.2) is 30.3 Å². The van der Waals surface area contributed by atoms with Crippen molar-refractivity contribution in [3.8, 4) is 0 Å². The Bertz CT molecular complexity index is 412. The van der Waals surface area contributed by atoms with Gasteiger partial charge < -0.3 is 0 Å². The Labute approximate surface area is 97.9 Å². The van der Waals surface area contributed by atoms with Crippen molar-refractivity contribution in [2.45, 2.75) is 19.8 Å². The summed E-state index contributed by atoms with van der Waals surface area (Å²) in [5, 5.41) is 0. The van der Waals surface area contributed by atoms with Gasteiger partial charge in [0, 0.05) is 6.54 Å². The number of hydrogen-bond donors (Lipinski definition) is 1. The molecule has 0 spiro atoms. The van der Waals surface area contributed by atoms with E-state index in [-0.39, 0.29) is 5.92 Å². The van der Waals surface area contributed by atoms with Crippen molar-refractivity contribution in [2.75, 3.05) is 12.8 Å². The first-order chi connectivity index (χ1) is 7.40. The maximum absolute atomic E-state index is 11.1. The fourth-order valence-corrected chi connectivity index (χ4v) is 2.16. The van der Waals surface area contributed by atoms with E-state index in [1.807, 2.05) is 30.3 Å². The van der Waals surface area contributed by atoms with Crippen molar-refractivity contribution >= 4 is 10.0 Å². The molecule has 0 aromatic heterocycles. The van der Waals surface area contributed by atoms with Crippen molar-refractivity contribution in [3.05, 3.63) is 35.9 Å². The van der Waals surface area contributed by atoms with E-state index in [2.05, 4.69) is 18.6 Å². The standard InChI is InChI=1S/C12H19NO2S/c1-10(2)12(9-13-16(3,14)15)11-7-5-4-6-8-11/h4-8,10,12-13H,9H2,1-3H3/t12-/m0/s1. The van der Waals surface area contributed by atoms with Crippen LogP contribution < -0.4 is 4.72 Å². The van der Waals surface area contributed by atoms with E-state index in [9.17, 15) is 8.42 Å². The fraction of sp³-hybridized carbons (Fsp3) is 0.500. The molecule has 16 heavy (non-hydrogen) atoms. The van der Waals surface area contributed by atoms with Gasteiger partial charge in [-0.15, -0.1) is 0 Å². The molecule has 3 nitrogen and oxygen atoms in total. The Morgan fingerprint density at radius 1 is 1.19 bits per heavy atom. The number of nitrogens with one attached hydrogen (secondary N) is 1. The molecular weight excluding hydrogens is 222 g/mol. The molecule has 1 N–H and O–H groups in total. The monoisotopic (exact) mass is 241 g/mol. The van der Waals surface area contributed by atoms with E-state index >= 15 is 0 Å². The highest BCUT2D eigenvalue weighted by Crippen LogP contribution is 2.23. The van der Waals surface area contributed by atoms with E-state index in [4.69, 9.17) is 0 Å². The summed E-state index contributed by atoms with van der Waals surface area (Å²) in [5.41, 5.74) is 1.17. The molecule has 0 saturated heterocycles. The summed E-state index contributed by atoms with van der Waals surface area (Å²) in [5.74, 6) is 0.618. The van der Waals surface area contributed by atoms with Crippen LogP contribution in [0.4, 0.5) is 0 Å². The lowest BCUT2D eigenvalue weighted by molar-refractivity contribution is 0.486. The Morgan fingerprint density at radius 3 is 2.19 bits per heavy atom. The quantitative estimate of drug-likeness (QED) is 0.856. The van der Waals surface area contributed by atoms with E-state index in [1.165, 1.54) is 11.8 Å². The minimum atomic E-state index is -3.11. The first-order valence-corrected chi connectivity index (χ1v) is 7.29. The normalized spacial score (nSPS) is 14.0. The fourth-order valence-electron chi connectivity index (χ4n) is 1.68. The lowest BCUT2D eigenvalue weighted by Gasteiger charge is -2.21. The van der Waals surface area contributed by atoms with Gasteiger partial charge >= 0.3 is 0 Å². The third-order valence-corrected chi connectivity index (χ3v) is 3.29. The van der Waals surface area contributed by atoms with Crippen LogP contribution in [-0.2, 0) is 10.0 Å². The molecular formula is C12H19NO2S. The first-order valence-electron chi connectivity index (χ1n) is 5.39.